The molecule has 0 saturated carbocycles. The van der Waals surface area contributed by atoms with Crippen molar-refractivity contribution < 1.29 is 23.6 Å². The van der Waals surface area contributed by atoms with Crippen LogP contribution >= 0.6 is 23.1 Å². The Kier molecular flexibility index (Phi) is 9.59. The van der Waals surface area contributed by atoms with Gasteiger partial charge in [0.15, 0.2) is 11.0 Å². The number of hydrogen-bond acceptors (Lipinski definition) is 10. The average Bonchev–Trinajstić information content (AvgIpc) is 3.87. The third-order valence-corrected chi connectivity index (χ3v) is 9.57. The van der Waals surface area contributed by atoms with E-state index in [0.29, 0.717) is 28.8 Å². The van der Waals surface area contributed by atoms with Crippen molar-refractivity contribution in [2.45, 2.75) is 31.1 Å². The van der Waals surface area contributed by atoms with E-state index in [1.165, 1.54) is 42.3 Å². The quantitative estimate of drug-likeness (QED) is 0.0999. The van der Waals surface area contributed by atoms with Crippen molar-refractivity contribution in [2.24, 2.45) is 5.10 Å². The van der Waals surface area contributed by atoms with Crippen LogP contribution in [0.1, 0.15) is 44.6 Å². The second-order valence-electron chi connectivity index (χ2n) is 10.6. The Bertz CT molecular complexity index is 2000. The van der Waals surface area contributed by atoms with E-state index in [1.807, 2.05) is 41.8 Å². The fourth-order valence-corrected chi connectivity index (χ4v) is 6.83. The summed E-state index contributed by atoms with van der Waals surface area (Å²) in [6, 6.07) is 21.1. The van der Waals surface area contributed by atoms with Gasteiger partial charge in [-0.15, -0.1) is 21.5 Å². The van der Waals surface area contributed by atoms with Gasteiger partial charge in [-0.2, -0.15) is 5.10 Å². The molecule has 244 valence electrons. The molecule has 0 fully saturated rings. The maximum atomic E-state index is 13.9. The number of nitrogens with one attached hydrogen (secondary N) is 1. The highest BCUT2D eigenvalue weighted by Crippen LogP contribution is 2.35. The van der Waals surface area contributed by atoms with Gasteiger partial charge in [0, 0.05) is 29.3 Å². The number of nitro groups is 1. The lowest BCUT2D eigenvalue weighted by Gasteiger charge is -2.22. The van der Waals surface area contributed by atoms with Crippen LogP contribution in [0, 0.1) is 22.9 Å². The fourth-order valence-electron chi connectivity index (χ4n) is 5.29. The molecule has 1 aliphatic heterocycles. The number of thiophene rings is 1. The van der Waals surface area contributed by atoms with Crippen molar-refractivity contribution in [1.29, 1.82) is 0 Å². The number of ether oxygens (including phenoxy) is 1. The largest absolute Gasteiger partial charge is 0.497 e. The molecule has 0 unspecified atom stereocenters. The van der Waals surface area contributed by atoms with E-state index in [9.17, 15) is 24.1 Å². The van der Waals surface area contributed by atoms with Crippen molar-refractivity contribution in [1.82, 2.24) is 25.1 Å². The number of halogens is 1. The van der Waals surface area contributed by atoms with E-state index >= 15 is 0 Å². The molecule has 0 bridgehead atoms. The van der Waals surface area contributed by atoms with Crippen molar-refractivity contribution in [3.8, 4) is 11.4 Å². The topological polar surface area (TPSA) is 145 Å². The van der Waals surface area contributed by atoms with Gasteiger partial charge in [-0.25, -0.2) is 9.40 Å². The molecule has 15 heteroatoms. The van der Waals surface area contributed by atoms with E-state index < -0.39 is 16.6 Å². The van der Waals surface area contributed by atoms with Gasteiger partial charge in [-0.05, 0) is 66.4 Å². The van der Waals surface area contributed by atoms with Crippen LogP contribution in [0.15, 0.2) is 94.5 Å². The number of methoxy groups -OCH3 is 1. The summed E-state index contributed by atoms with van der Waals surface area (Å²) in [6.45, 7) is 1.41. The number of hydrazone groups is 1. The number of carbonyl (C=O) groups is 2. The van der Waals surface area contributed by atoms with E-state index in [1.54, 1.807) is 35.1 Å². The molecule has 2 amide bonds. The summed E-state index contributed by atoms with van der Waals surface area (Å²) < 4.78 is 20.8. The lowest BCUT2D eigenvalue weighted by molar-refractivity contribution is -0.385. The second-order valence-corrected chi connectivity index (χ2v) is 12.5. The summed E-state index contributed by atoms with van der Waals surface area (Å²) >= 11 is 2.69. The van der Waals surface area contributed by atoms with E-state index in [2.05, 4.69) is 15.5 Å². The van der Waals surface area contributed by atoms with Crippen LogP contribution in [-0.4, -0.2) is 55.1 Å². The molecule has 3 aromatic carbocycles. The Labute approximate surface area is 282 Å². The van der Waals surface area contributed by atoms with Gasteiger partial charge in [-0.1, -0.05) is 36.0 Å². The highest BCUT2D eigenvalue weighted by molar-refractivity contribution is 7.99. The first kappa shape index (κ1) is 32.5. The number of hydrogen-bond donors (Lipinski definition) is 1. The molecule has 6 rings (SSSR count). The molecule has 3 heterocycles. The van der Waals surface area contributed by atoms with E-state index in [4.69, 9.17) is 9.84 Å². The molecule has 5 aromatic rings. The van der Waals surface area contributed by atoms with Gasteiger partial charge in [0.05, 0.1) is 41.0 Å². The summed E-state index contributed by atoms with van der Waals surface area (Å²) in [7, 11) is 1.60. The molecule has 1 N–H and O–H groups in total. The minimum absolute atomic E-state index is 0.0353. The number of thioether (sulfide) groups is 1. The minimum Gasteiger partial charge on any atom is -0.497 e. The maximum Gasteiger partial charge on any atom is 0.273 e. The summed E-state index contributed by atoms with van der Waals surface area (Å²) in [5.41, 5.74) is 2.46. The first-order valence-electron chi connectivity index (χ1n) is 14.7. The highest BCUT2D eigenvalue weighted by atomic mass is 32.2. The predicted molar refractivity (Wildman–Crippen MR) is 179 cm³/mol. The monoisotopic (exact) mass is 685 g/mol. The van der Waals surface area contributed by atoms with E-state index in [0.717, 1.165) is 27.9 Å². The average molecular weight is 686 g/mol. The summed E-state index contributed by atoms with van der Waals surface area (Å²) in [5.74, 6) is -0.249. The zero-order chi connectivity index (χ0) is 33.8. The summed E-state index contributed by atoms with van der Waals surface area (Å²) in [4.78, 5) is 38.6. The molecule has 0 aliphatic carbocycles. The van der Waals surface area contributed by atoms with Crippen molar-refractivity contribution in [3.63, 3.8) is 0 Å². The Morgan fingerprint density at radius 2 is 1.85 bits per heavy atom. The first-order valence-corrected chi connectivity index (χ1v) is 16.5. The highest BCUT2D eigenvalue weighted by Gasteiger charge is 2.34. The Morgan fingerprint density at radius 1 is 1.08 bits per heavy atom. The van der Waals surface area contributed by atoms with Crippen LogP contribution in [0.25, 0.3) is 5.69 Å². The van der Waals surface area contributed by atoms with Crippen molar-refractivity contribution in [3.05, 3.63) is 128 Å². The number of nitrogens with zero attached hydrogens (tertiary/aromatic N) is 6. The lowest BCUT2D eigenvalue weighted by atomic mass is 10.0. The number of rotatable bonds is 11. The molecule has 2 aromatic heterocycles. The van der Waals surface area contributed by atoms with Crippen LogP contribution in [0.3, 0.4) is 0 Å². The molecular formula is C33H28FN7O5S2. The smallest absolute Gasteiger partial charge is 0.273 e. The standard InChI is InChI=1S/C33H28FN7O5S2/c1-20-25(5-3-6-27(20)41(44)45)32(43)35-18-30-36-37-33(39(30)23-12-10-22(34)11-13-23)48-19-31(42)40-28(21-8-14-24(46-2)15-9-21)17-26(38-40)29-7-4-16-47-29/h3-16,28H,17-19H2,1-2H3,(H,35,43)/t28-/m1/s1. The number of amides is 2. The molecule has 12 nitrogen and oxygen atoms in total. The zero-order valence-corrected chi connectivity index (χ0v) is 27.3. The maximum absolute atomic E-state index is 13.9. The third-order valence-electron chi connectivity index (χ3n) is 7.74. The van der Waals surface area contributed by atoms with Crippen LogP contribution in [0.4, 0.5) is 10.1 Å². The van der Waals surface area contributed by atoms with Crippen LogP contribution in [0.2, 0.25) is 0 Å². The van der Waals surface area contributed by atoms with Gasteiger partial charge in [0.2, 0.25) is 0 Å². The summed E-state index contributed by atoms with van der Waals surface area (Å²) in [6.07, 6.45) is 0.545. The number of aromatic nitrogens is 3. The molecule has 1 atom stereocenters. The van der Waals surface area contributed by atoms with Gasteiger partial charge in [0.25, 0.3) is 17.5 Å². The van der Waals surface area contributed by atoms with Gasteiger partial charge < -0.3 is 10.1 Å². The number of nitro benzene ring substituents is 1. The fraction of sp³-hybridized carbons (Fsp3) is 0.182. The van der Waals surface area contributed by atoms with Crippen molar-refractivity contribution >= 4 is 46.3 Å². The normalized spacial score (nSPS) is 14.1. The van der Waals surface area contributed by atoms with Gasteiger partial charge in [-0.3, -0.25) is 24.3 Å². The van der Waals surface area contributed by atoms with Crippen LogP contribution in [0.5, 0.6) is 5.75 Å². The molecule has 0 radical (unpaired) electrons. The lowest BCUT2D eigenvalue weighted by Crippen LogP contribution is -2.28. The van der Waals surface area contributed by atoms with Crippen LogP contribution < -0.4 is 10.1 Å². The Balaban J connectivity index is 1.24. The molecule has 0 saturated heterocycles. The number of benzene rings is 3. The Morgan fingerprint density at radius 3 is 2.54 bits per heavy atom. The third kappa shape index (κ3) is 6.82. The molecular weight excluding hydrogens is 658 g/mol. The SMILES string of the molecule is COc1ccc([C@H]2CC(c3cccs3)=NN2C(=O)CSc2nnc(CNC(=O)c3cccc([N+](=O)[O-])c3C)n2-c2ccc(F)cc2)cc1. The second kappa shape index (κ2) is 14.1. The van der Waals surface area contributed by atoms with Crippen molar-refractivity contribution in [2.75, 3.05) is 12.9 Å². The predicted octanol–water partition coefficient (Wildman–Crippen LogP) is 6.09. The first-order chi connectivity index (χ1) is 23.2. The number of carbonyl (C=O) groups excluding carboxylic acids is 2. The van der Waals surface area contributed by atoms with Crippen LogP contribution in [-0.2, 0) is 11.3 Å². The Hall–Kier alpha value is -5.41. The molecule has 48 heavy (non-hydrogen) atoms. The van der Waals surface area contributed by atoms with E-state index in [-0.39, 0.29) is 41.1 Å². The minimum atomic E-state index is -0.544. The summed E-state index contributed by atoms with van der Waals surface area (Å²) in [5, 5.41) is 31.2. The molecule has 1 aliphatic rings. The molecule has 0 spiro atoms. The van der Waals surface area contributed by atoms with Gasteiger partial charge >= 0.3 is 0 Å². The zero-order valence-electron chi connectivity index (χ0n) is 25.7. The van der Waals surface area contributed by atoms with Gasteiger partial charge in [0.1, 0.15) is 11.6 Å².